The van der Waals surface area contributed by atoms with Gasteiger partial charge in [0.2, 0.25) is 5.91 Å². The van der Waals surface area contributed by atoms with Crippen molar-refractivity contribution in [1.82, 2.24) is 4.98 Å². The van der Waals surface area contributed by atoms with E-state index in [-0.39, 0.29) is 17.5 Å². The van der Waals surface area contributed by atoms with Crippen molar-refractivity contribution in [1.29, 1.82) is 0 Å². The second-order valence-corrected chi connectivity index (χ2v) is 6.63. The van der Waals surface area contributed by atoms with Crippen LogP contribution in [0.5, 0.6) is 5.75 Å². The molecule has 1 aromatic heterocycles. The summed E-state index contributed by atoms with van der Waals surface area (Å²) < 4.78 is 18.6. The number of halogens is 1. The maximum absolute atomic E-state index is 13.7. The third kappa shape index (κ3) is 3.70. The van der Waals surface area contributed by atoms with Gasteiger partial charge in [0.1, 0.15) is 5.03 Å². The van der Waals surface area contributed by atoms with E-state index in [9.17, 15) is 9.18 Å². The van der Waals surface area contributed by atoms with Crippen molar-refractivity contribution >= 4 is 23.4 Å². The Bertz CT molecular complexity index is 739. The molecule has 0 saturated heterocycles. The minimum Gasteiger partial charge on any atom is -0.494 e. The summed E-state index contributed by atoms with van der Waals surface area (Å²) in [5, 5.41) is 0.911. The Morgan fingerprint density at radius 2 is 2.29 bits per heavy atom. The molecule has 0 unspecified atom stereocenters. The van der Waals surface area contributed by atoms with E-state index >= 15 is 0 Å². The first-order valence-corrected chi connectivity index (χ1v) is 8.88. The van der Waals surface area contributed by atoms with Crippen LogP contribution in [0.1, 0.15) is 18.4 Å². The average molecular weight is 346 g/mol. The molecule has 4 nitrogen and oxygen atoms in total. The molecular weight excluding hydrogens is 327 g/mol. The number of aryl methyl sites for hydroxylation is 1. The third-order valence-electron chi connectivity index (χ3n) is 3.97. The van der Waals surface area contributed by atoms with E-state index in [0.717, 1.165) is 22.0 Å². The summed E-state index contributed by atoms with van der Waals surface area (Å²) in [5.41, 5.74) is 1.77. The molecule has 1 aromatic carbocycles. The van der Waals surface area contributed by atoms with Crippen LogP contribution in [0, 0.1) is 5.82 Å². The number of rotatable bonds is 5. The summed E-state index contributed by atoms with van der Waals surface area (Å²) in [6, 6.07) is 8.72. The number of thioether (sulfide) groups is 1. The number of hydrogen-bond acceptors (Lipinski definition) is 4. The number of pyridine rings is 1. The molecule has 6 heteroatoms. The van der Waals surface area contributed by atoms with E-state index in [0.29, 0.717) is 25.8 Å². The zero-order chi connectivity index (χ0) is 16.9. The summed E-state index contributed by atoms with van der Waals surface area (Å²) in [4.78, 5) is 18.6. The number of carbonyl (C=O) groups is 1. The molecule has 126 valence electrons. The fraction of sp³-hybridized carbons (Fsp3) is 0.333. The lowest BCUT2D eigenvalue weighted by molar-refractivity contribution is -0.118. The second kappa shape index (κ2) is 7.66. The predicted octanol–water partition coefficient (Wildman–Crippen LogP) is 3.69. The van der Waals surface area contributed by atoms with Crippen molar-refractivity contribution in [2.24, 2.45) is 0 Å². The van der Waals surface area contributed by atoms with Gasteiger partial charge in [0.15, 0.2) is 11.6 Å². The van der Waals surface area contributed by atoms with Crippen LogP contribution in [0.15, 0.2) is 41.6 Å². The van der Waals surface area contributed by atoms with Crippen LogP contribution < -0.4 is 9.64 Å². The molecule has 24 heavy (non-hydrogen) atoms. The number of nitrogens with zero attached hydrogens (tertiary/aromatic N) is 2. The fourth-order valence-electron chi connectivity index (χ4n) is 2.76. The minimum atomic E-state index is -0.366. The van der Waals surface area contributed by atoms with Crippen molar-refractivity contribution in [3.8, 4) is 5.75 Å². The third-order valence-corrected chi connectivity index (χ3v) is 4.94. The Balaban J connectivity index is 1.58. The molecule has 0 aliphatic carbocycles. The van der Waals surface area contributed by atoms with Crippen LogP contribution in [0.2, 0.25) is 0 Å². The maximum atomic E-state index is 13.7. The first-order valence-electron chi connectivity index (χ1n) is 7.89. The molecule has 0 fully saturated rings. The minimum absolute atomic E-state index is 0.0959. The van der Waals surface area contributed by atoms with Gasteiger partial charge >= 0.3 is 0 Å². The van der Waals surface area contributed by atoms with Crippen LogP contribution in [0.25, 0.3) is 0 Å². The van der Waals surface area contributed by atoms with Crippen molar-refractivity contribution in [3.05, 3.63) is 47.9 Å². The quantitative estimate of drug-likeness (QED) is 0.828. The van der Waals surface area contributed by atoms with Gasteiger partial charge in [-0.05, 0) is 42.7 Å². The normalized spacial score (nSPS) is 13.5. The molecule has 1 amide bonds. The van der Waals surface area contributed by atoms with E-state index in [1.807, 2.05) is 23.1 Å². The first kappa shape index (κ1) is 16.8. The first-order chi connectivity index (χ1) is 11.7. The van der Waals surface area contributed by atoms with Crippen molar-refractivity contribution in [2.75, 3.05) is 24.3 Å². The summed E-state index contributed by atoms with van der Waals surface area (Å²) in [6.07, 6.45) is 3.53. The lowest BCUT2D eigenvalue weighted by Gasteiger charge is -2.28. The lowest BCUT2D eigenvalue weighted by atomic mass is 10.1. The van der Waals surface area contributed by atoms with Gasteiger partial charge in [-0.15, -0.1) is 11.8 Å². The fourth-order valence-corrected chi connectivity index (χ4v) is 3.68. The summed E-state index contributed by atoms with van der Waals surface area (Å²) in [7, 11) is 1.44. The van der Waals surface area contributed by atoms with Gasteiger partial charge < -0.3 is 9.64 Å². The smallest absolute Gasteiger partial charge is 0.227 e. The average Bonchev–Trinajstić information content (AvgIpc) is 2.61. The number of aromatic nitrogens is 1. The molecule has 0 bridgehead atoms. The second-order valence-electron chi connectivity index (χ2n) is 5.54. The van der Waals surface area contributed by atoms with E-state index in [1.54, 1.807) is 24.0 Å². The van der Waals surface area contributed by atoms with Crippen LogP contribution in [-0.4, -0.2) is 30.3 Å². The van der Waals surface area contributed by atoms with Crippen molar-refractivity contribution in [2.45, 2.75) is 24.3 Å². The Morgan fingerprint density at radius 1 is 1.42 bits per heavy atom. The molecule has 0 N–H and O–H groups in total. The largest absolute Gasteiger partial charge is 0.494 e. The Morgan fingerprint density at radius 3 is 3.08 bits per heavy atom. The van der Waals surface area contributed by atoms with Crippen LogP contribution in [-0.2, 0) is 11.2 Å². The Kier molecular flexibility index (Phi) is 5.35. The van der Waals surface area contributed by atoms with Gasteiger partial charge in [0.05, 0.1) is 12.8 Å². The number of anilines is 1. The molecule has 0 atom stereocenters. The highest BCUT2D eigenvalue weighted by Crippen LogP contribution is 2.32. The monoisotopic (exact) mass is 346 g/mol. The summed E-state index contributed by atoms with van der Waals surface area (Å²) in [5.74, 6) is 0.831. The van der Waals surface area contributed by atoms with Gasteiger partial charge in [0.25, 0.3) is 0 Å². The maximum Gasteiger partial charge on any atom is 0.227 e. The van der Waals surface area contributed by atoms with E-state index < -0.39 is 0 Å². The van der Waals surface area contributed by atoms with E-state index in [4.69, 9.17) is 4.74 Å². The predicted molar refractivity (Wildman–Crippen MR) is 93.2 cm³/mol. The Labute approximate surface area is 145 Å². The number of fused-ring (bicyclic) bond motifs is 1. The molecule has 0 spiro atoms. The highest BCUT2D eigenvalue weighted by atomic mass is 32.2. The van der Waals surface area contributed by atoms with Gasteiger partial charge in [-0.1, -0.05) is 6.07 Å². The molecule has 0 saturated carbocycles. The zero-order valence-electron chi connectivity index (χ0n) is 13.5. The number of amides is 1. The van der Waals surface area contributed by atoms with E-state index in [1.165, 1.54) is 13.2 Å². The SMILES string of the molecule is COc1ccc(CCCC(=O)N2CCSc3ncccc32)cc1F. The van der Waals surface area contributed by atoms with Gasteiger partial charge in [-0.3, -0.25) is 4.79 Å². The molecule has 2 aromatic rings. The van der Waals surface area contributed by atoms with Gasteiger partial charge in [0, 0.05) is 24.9 Å². The molecule has 1 aliphatic heterocycles. The zero-order valence-corrected chi connectivity index (χ0v) is 14.3. The number of ether oxygens (including phenoxy) is 1. The summed E-state index contributed by atoms with van der Waals surface area (Å²) >= 11 is 1.68. The Hall–Kier alpha value is -2.08. The van der Waals surface area contributed by atoms with Gasteiger partial charge in [-0.25, -0.2) is 9.37 Å². The standard InChI is InChI=1S/C18H19FN2O2S/c1-23-16-8-7-13(12-14(16)19)4-2-6-17(22)21-10-11-24-18-15(21)5-3-9-20-18/h3,5,7-9,12H,2,4,6,10-11H2,1H3. The van der Waals surface area contributed by atoms with Crippen LogP contribution in [0.4, 0.5) is 10.1 Å². The van der Waals surface area contributed by atoms with Gasteiger partial charge in [-0.2, -0.15) is 0 Å². The number of benzene rings is 1. The highest BCUT2D eigenvalue weighted by Gasteiger charge is 2.23. The van der Waals surface area contributed by atoms with Crippen molar-refractivity contribution < 1.29 is 13.9 Å². The van der Waals surface area contributed by atoms with E-state index in [2.05, 4.69) is 4.98 Å². The number of methoxy groups -OCH3 is 1. The lowest BCUT2D eigenvalue weighted by Crippen LogP contribution is -2.35. The summed E-state index contributed by atoms with van der Waals surface area (Å²) in [6.45, 7) is 0.708. The van der Waals surface area contributed by atoms with Crippen molar-refractivity contribution in [3.63, 3.8) is 0 Å². The number of hydrogen-bond donors (Lipinski definition) is 0. The topological polar surface area (TPSA) is 42.4 Å². The van der Waals surface area contributed by atoms with Crippen LogP contribution in [0.3, 0.4) is 0 Å². The molecule has 1 aliphatic rings. The number of carbonyl (C=O) groups excluding carboxylic acids is 1. The molecule has 0 radical (unpaired) electrons. The molecular formula is C18H19FN2O2S. The van der Waals surface area contributed by atoms with Crippen LogP contribution >= 0.6 is 11.8 Å². The molecule has 2 heterocycles. The molecule has 3 rings (SSSR count). The highest BCUT2D eigenvalue weighted by molar-refractivity contribution is 7.99.